The van der Waals surface area contributed by atoms with E-state index in [1.54, 1.807) is 7.11 Å². The van der Waals surface area contributed by atoms with Gasteiger partial charge < -0.3 is 15.4 Å². The predicted octanol–water partition coefficient (Wildman–Crippen LogP) is 6.91. The summed E-state index contributed by atoms with van der Waals surface area (Å²) in [5.74, 6) is 1.03. The number of ether oxygens (including phenoxy) is 1. The van der Waals surface area contributed by atoms with Crippen LogP contribution >= 0.6 is 0 Å². The van der Waals surface area contributed by atoms with Crippen LogP contribution in [0, 0.1) is 0 Å². The van der Waals surface area contributed by atoms with Gasteiger partial charge in [0.25, 0.3) is 0 Å². The summed E-state index contributed by atoms with van der Waals surface area (Å²) in [6.07, 6.45) is 9.90. The van der Waals surface area contributed by atoms with E-state index in [2.05, 4.69) is 116 Å². The second kappa shape index (κ2) is 13.1. The van der Waals surface area contributed by atoms with Crippen molar-refractivity contribution in [3.63, 3.8) is 0 Å². The van der Waals surface area contributed by atoms with Crippen molar-refractivity contribution in [2.24, 2.45) is 0 Å². The number of allylic oxidation sites excluding steroid dienone is 6. The van der Waals surface area contributed by atoms with Gasteiger partial charge in [-0.3, -0.25) is 0 Å². The Morgan fingerprint density at radius 2 is 1.14 bits per heavy atom. The molecule has 0 aliphatic heterocycles. The van der Waals surface area contributed by atoms with Crippen LogP contribution in [0.2, 0.25) is 0 Å². The first-order valence-electron chi connectivity index (χ1n) is 13.0. The van der Waals surface area contributed by atoms with E-state index in [1.165, 1.54) is 45.4 Å². The van der Waals surface area contributed by atoms with Gasteiger partial charge in [-0.05, 0) is 59.0 Å². The summed E-state index contributed by atoms with van der Waals surface area (Å²) in [7, 11) is 1.75. The van der Waals surface area contributed by atoms with Gasteiger partial charge in [0.05, 0.1) is 7.11 Å². The van der Waals surface area contributed by atoms with Crippen LogP contribution in [0.5, 0.6) is 5.75 Å². The number of rotatable bonds is 10. The van der Waals surface area contributed by atoms with E-state index in [4.69, 9.17) is 4.74 Å². The summed E-state index contributed by atoms with van der Waals surface area (Å²) in [5, 5.41) is 6.99. The fourth-order valence-corrected chi connectivity index (χ4v) is 4.89. The summed E-state index contributed by atoms with van der Waals surface area (Å²) in [6, 6.07) is 25.9. The second-order valence-corrected chi connectivity index (χ2v) is 9.13. The Kier molecular flexibility index (Phi) is 9.32. The van der Waals surface area contributed by atoms with Crippen LogP contribution in [-0.4, -0.2) is 20.2 Å². The van der Waals surface area contributed by atoms with E-state index < -0.39 is 0 Å². The third-order valence-corrected chi connectivity index (χ3v) is 6.74. The Labute approximate surface area is 216 Å². The lowest BCUT2D eigenvalue weighted by atomic mass is 9.80. The number of hydrogen-bond donors (Lipinski definition) is 2. The van der Waals surface area contributed by atoms with Crippen molar-refractivity contribution in [2.45, 2.75) is 39.3 Å². The fraction of sp³-hybridized carbons (Fsp3) is 0.273. The standard InChI is InChI=1S/C26H32N2O.C7H6/c1-4-27-18-20-12-6-8-14-22(20)26(24-16-10-11-17-25(24)29-3)23-15-9-7-13-21(23)19-28-5-2;1-2-7-4-3-6(1)5-7/h6-17,26-28H,4-5,18-19H2,1-3H3;1-4H,5H2. The largest absolute Gasteiger partial charge is 0.496 e. The van der Waals surface area contributed by atoms with Gasteiger partial charge in [-0.25, -0.2) is 0 Å². The van der Waals surface area contributed by atoms with Crippen LogP contribution < -0.4 is 15.4 Å². The fourth-order valence-electron chi connectivity index (χ4n) is 4.89. The Bertz CT molecular complexity index is 1170. The highest BCUT2D eigenvalue weighted by Crippen LogP contribution is 2.40. The van der Waals surface area contributed by atoms with Gasteiger partial charge in [0.1, 0.15) is 5.75 Å². The molecular formula is C33H38N2O. The zero-order valence-electron chi connectivity index (χ0n) is 21.8. The van der Waals surface area contributed by atoms with Crippen LogP contribution in [0.15, 0.2) is 108 Å². The molecule has 3 nitrogen and oxygen atoms in total. The highest BCUT2D eigenvalue weighted by Gasteiger charge is 2.24. The monoisotopic (exact) mass is 478 g/mol. The molecule has 3 aromatic carbocycles. The van der Waals surface area contributed by atoms with Crippen LogP contribution in [0.25, 0.3) is 0 Å². The first-order chi connectivity index (χ1) is 17.7. The van der Waals surface area contributed by atoms with Crippen molar-refractivity contribution >= 4 is 0 Å². The van der Waals surface area contributed by atoms with Crippen molar-refractivity contribution in [3.05, 3.63) is 136 Å². The van der Waals surface area contributed by atoms with Crippen molar-refractivity contribution in [3.8, 4) is 5.75 Å². The Morgan fingerprint density at radius 3 is 1.56 bits per heavy atom. The molecule has 0 amide bonds. The van der Waals surface area contributed by atoms with E-state index in [0.717, 1.165) is 31.9 Å². The number of hydrogen-bond acceptors (Lipinski definition) is 3. The molecule has 0 radical (unpaired) electrons. The maximum absolute atomic E-state index is 5.78. The normalized spacial score (nSPS) is 13.3. The molecule has 0 heterocycles. The topological polar surface area (TPSA) is 33.3 Å². The molecule has 0 fully saturated rings. The molecule has 5 rings (SSSR count). The van der Waals surface area contributed by atoms with Crippen molar-refractivity contribution in [1.29, 1.82) is 0 Å². The zero-order valence-corrected chi connectivity index (χ0v) is 21.8. The minimum Gasteiger partial charge on any atom is -0.496 e. The Morgan fingerprint density at radius 1 is 0.667 bits per heavy atom. The third-order valence-electron chi connectivity index (χ3n) is 6.74. The van der Waals surface area contributed by atoms with Crippen LogP contribution in [0.4, 0.5) is 0 Å². The highest BCUT2D eigenvalue weighted by atomic mass is 16.5. The number of para-hydroxylation sites is 1. The molecule has 0 saturated carbocycles. The van der Waals surface area contributed by atoms with E-state index in [9.17, 15) is 0 Å². The molecule has 186 valence electrons. The number of nitrogens with one attached hydrogen (secondary N) is 2. The zero-order chi connectivity index (χ0) is 25.2. The van der Waals surface area contributed by atoms with Crippen LogP contribution in [-0.2, 0) is 13.1 Å². The molecule has 2 N–H and O–H groups in total. The Hall–Kier alpha value is -3.40. The van der Waals surface area contributed by atoms with E-state index >= 15 is 0 Å². The first-order valence-corrected chi connectivity index (χ1v) is 13.0. The average Bonchev–Trinajstić information content (AvgIpc) is 3.59. The minimum atomic E-state index is 0.107. The molecule has 0 aromatic heterocycles. The van der Waals surface area contributed by atoms with Gasteiger partial charge in [-0.15, -0.1) is 0 Å². The summed E-state index contributed by atoms with van der Waals surface area (Å²) < 4.78 is 5.78. The number of fused-ring (bicyclic) bond motifs is 2. The maximum atomic E-state index is 5.78. The van der Waals surface area contributed by atoms with Crippen LogP contribution in [0.1, 0.15) is 54.0 Å². The molecule has 0 spiro atoms. The third kappa shape index (κ3) is 6.23. The Balaban J connectivity index is 0.000000367. The smallest absolute Gasteiger partial charge is 0.123 e. The molecular weight excluding hydrogens is 440 g/mol. The van der Waals surface area contributed by atoms with E-state index in [1.807, 2.05) is 6.07 Å². The minimum absolute atomic E-state index is 0.107. The average molecular weight is 479 g/mol. The van der Waals surface area contributed by atoms with Gasteiger partial charge in [0.2, 0.25) is 0 Å². The molecule has 2 aliphatic carbocycles. The van der Waals surface area contributed by atoms with Crippen LogP contribution in [0.3, 0.4) is 0 Å². The van der Waals surface area contributed by atoms with E-state index in [-0.39, 0.29) is 5.92 Å². The summed E-state index contributed by atoms with van der Waals surface area (Å²) in [4.78, 5) is 0. The van der Waals surface area contributed by atoms with Gasteiger partial charge in [0, 0.05) is 24.6 Å². The van der Waals surface area contributed by atoms with Gasteiger partial charge in [0.15, 0.2) is 0 Å². The van der Waals surface area contributed by atoms with Crippen molar-refractivity contribution in [2.75, 3.05) is 20.2 Å². The number of benzene rings is 3. The van der Waals surface area contributed by atoms with Gasteiger partial charge in [-0.2, -0.15) is 0 Å². The molecule has 3 heteroatoms. The lowest BCUT2D eigenvalue weighted by molar-refractivity contribution is 0.409. The summed E-state index contributed by atoms with van der Waals surface area (Å²) in [6.45, 7) is 7.90. The number of methoxy groups -OCH3 is 1. The quantitative estimate of drug-likeness (QED) is 0.311. The summed E-state index contributed by atoms with van der Waals surface area (Å²) in [5.41, 5.74) is 9.42. The molecule has 36 heavy (non-hydrogen) atoms. The van der Waals surface area contributed by atoms with Gasteiger partial charge >= 0.3 is 0 Å². The lowest BCUT2D eigenvalue weighted by Crippen LogP contribution is -2.18. The summed E-state index contributed by atoms with van der Waals surface area (Å²) >= 11 is 0. The van der Waals surface area contributed by atoms with Gasteiger partial charge in [-0.1, -0.05) is 105 Å². The molecule has 3 aromatic rings. The first kappa shape index (κ1) is 25.7. The molecule has 2 bridgehead atoms. The molecule has 0 unspecified atom stereocenters. The predicted molar refractivity (Wildman–Crippen MR) is 152 cm³/mol. The van der Waals surface area contributed by atoms with Crippen molar-refractivity contribution in [1.82, 2.24) is 10.6 Å². The SMILES string of the molecule is C1=CC2=CC=C1C2.CCNCc1ccccc1C(c1ccccc1CNCC)c1ccccc1OC. The molecule has 0 atom stereocenters. The van der Waals surface area contributed by atoms with E-state index in [0.29, 0.717) is 0 Å². The lowest BCUT2D eigenvalue weighted by Gasteiger charge is -2.26. The maximum Gasteiger partial charge on any atom is 0.123 e. The molecule has 0 saturated heterocycles. The highest BCUT2D eigenvalue weighted by molar-refractivity contribution is 5.53. The second-order valence-electron chi connectivity index (χ2n) is 9.13. The van der Waals surface area contributed by atoms with Crippen molar-refractivity contribution < 1.29 is 4.74 Å². The molecule has 2 aliphatic rings.